The van der Waals surface area contributed by atoms with E-state index >= 15 is 0 Å². The largest absolute Gasteiger partial charge is 0.494 e. The second-order valence-electron chi connectivity index (χ2n) is 8.64. The first kappa shape index (κ1) is 22.9. The molecule has 0 unspecified atom stereocenters. The van der Waals surface area contributed by atoms with E-state index in [1.807, 2.05) is 57.5 Å². The van der Waals surface area contributed by atoms with Crippen LogP contribution >= 0.6 is 12.2 Å². The normalized spacial score (nSPS) is 17.3. The van der Waals surface area contributed by atoms with Gasteiger partial charge >= 0.3 is 0 Å². The Bertz CT molecular complexity index is 1290. The van der Waals surface area contributed by atoms with Crippen molar-refractivity contribution in [2.24, 2.45) is 0 Å². The van der Waals surface area contributed by atoms with Crippen LogP contribution in [0.3, 0.4) is 0 Å². The van der Waals surface area contributed by atoms with Crippen molar-refractivity contribution in [3.63, 3.8) is 0 Å². The van der Waals surface area contributed by atoms with Crippen LogP contribution in [0.25, 0.3) is 5.69 Å². The lowest BCUT2D eigenvalue weighted by atomic mass is 10.0. The van der Waals surface area contributed by atoms with E-state index in [1.165, 1.54) is 0 Å². The Kier molecular flexibility index (Phi) is 6.42. The number of nitrogens with zero attached hydrogens (tertiary/aromatic N) is 4. The van der Waals surface area contributed by atoms with Crippen molar-refractivity contribution in [3.8, 4) is 11.4 Å². The summed E-state index contributed by atoms with van der Waals surface area (Å²) in [5.41, 5.74) is 5.34. The molecule has 0 saturated carbocycles. The maximum absolute atomic E-state index is 5.88. The summed E-state index contributed by atoms with van der Waals surface area (Å²) in [5, 5.41) is 4.21. The molecule has 178 valence electrons. The van der Waals surface area contributed by atoms with E-state index in [9.17, 15) is 0 Å². The Morgan fingerprint density at radius 2 is 1.69 bits per heavy atom. The summed E-state index contributed by atoms with van der Waals surface area (Å²) < 4.78 is 7.89. The standard InChI is InChI=1S/C28H29N5OS/c1-4-34-23-16-14-22(15-17-23)33-27(26(30-28(33)35)24-8-5-6-18-29-24)25-9-7-19-32(25)21-12-10-20(11-13-21)31(2)3/h5-19,26-27H,4H2,1-3H3,(H,30,35)/t26-,27-/m1/s1. The molecule has 0 radical (unpaired) electrons. The van der Waals surface area contributed by atoms with Crippen molar-refractivity contribution < 1.29 is 4.74 Å². The number of pyridine rings is 1. The van der Waals surface area contributed by atoms with E-state index in [0.717, 1.165) is 34.2 Å². The lowest BCUT2D eigenvalue weighted by Gasteiger charge is -2.29. The van der Waals surface area contributed by atoms with Crippen molar-refractivity contribution in [3.05, 3.63) is 103 Å². The zero-order valence-electron chi connectivity index (χ0n) is 20.1. The number of anilines is 2. The quantitative estimate of drug-likeness (QED) is 0.350. The van der Waals surface area contributed by atoms with Crippen LogP contribution in [-0.4, -0.2) is 35.4 Å². The zero-order chi connectivity index (χ0) is 24.4. The maximum Gasteiger partial charge on any atom is 0.174 e. The predicted octanol–water partition coefficient (Wildman–Crippen LogP) is 5.51. The molecule has 1 N–H and O–H groups in total. The fraction of sp³-hybridized carbons (Fsp3) is 0.214. The van der Waals surface area contributed by atoms with Crippen LogP contribution in [0.4, 0.5) is 11.4 Å². The van der Waals surface area contributed by atoms with Crippen LogP contribution in [-0.2, 0) is 0 Å². The molecule has 2 atom stereocenters. The first-order valence-corrected chi connectivity index (χ1v) is 12.2. The van der Waals surface area contributed by atoms with Gasteiger partial charge in [0.1, 0.15) is 11.8 Å². The van der Waals surface area contributed by atoms with Gasteiger partial charge in [-0.2, -0.15) is 0 Å². The van der Waals surface area contributed by atoms with Crippen molar-refractivity contribution in [2.45, 2.75) is 19.0 Å². The monoisotopic (exact) mass is 483 g/mol. The highest BCUT2D eigenvalue weighted by molar-refractivity contribution is 7.80. The van der Waals surface area contributed by atoms with Crippen molar-refractivity contribution >= 4 is 28.7 Å². The molecule has 0 bridgehead atoms. The number of rotatable bonds is 7. The number of hydrogen-bond acceptors (Lipinski definition) is 4. The molecule has 5 rings (SSSR count). The number of hydrogen-bond donors (Lipinski definition) is 1. The van der Waals surface area contributed by atoms with Crippen LogP contribution in [0.15, 0.2) is 91.3 Å². The Morgan fingerprint density at radius 3 is 2.34 bits per heavy atom. The Labute approximate surface area is 211 Å². The number of nitrogens with one attached hydrogen (secondary N) is 1. The smallest absolute Gasteiger partial charge is 0.174 e. The van der Waals surface area contributed by atoms with Gasteiger partial charge in [-0.25, -0.2) is 0 Å². The number of thiocarbonyl (C=S) groups is 1. The Hall–Kier alpha value is -3.84. The predicted molar refractivity (Wildman–Crippen MR) is 146 cm³/mol. The number of aromatic nitrogens is 2. The van der Waals surface area contributed by atoms with Crippen molar-refractivity contribution in [2.75, 3.05) is 30.5 Å². The van der Waals surface area contributed by atoms with Crippen LogP contribution < -0.4 is 19.9 Å². The first-order valence-electron chi connectivity index (χ1n) is 11.8. The molecular weight excluding hydrogens is 454 g/mol. The lowest BCUT2D eigenvalue weighted by Crippen LogP contribution is -2.30. The minimum Gasteiger partial charge on any atom is -0.494 e. The topological polar surface area (TPSA) is 45.6 Å². The molecular formula is C28H29N5OS. The zero-order valence-corrected chi connectivity index (χ0v) is 20.9. The molecule has 6 nitrogen and oxygen atoms in total. The van der Waals surface area contributed by atoms with Crippen LogP contribution in [0.2, 0.25) is 0 Å². The van der Waals surface area contributed by atoms with Gasteiger partial charge in [0.15, 0.2) is 5.11 Å². The van der Waals surface area contributed by atoms with E-state index in [-0.39, 0.29) is 12.1 Å². The van der Waals surface area contributed by atoms with Gasteiger partial charge in [-0.15, -0.1) is 0 Å². The highest BCUT2D eigenvalue weighted by Gasteiger charge is 2.42. The van der Waals surface area contributed by atoms with E-state index in [1.54, 1.807) is 0 Å². The summed E-state index contributed by atoms with van der Waals surface area (Å²) >= 11 is 5.88. The van der Waals surface area contributed by atoms with E-state index in [4.69, 9.17) is 17.0 Å². The van der Waals surface area contributed by atoms with E-state index < -0.39 is 0 Å². The van der Waals surface area contributed by atoms with Crippen LogP contribution in [0.1, 0.15) is 30.4 Å². The van der Waals surface area contributed by atoms with Gasteiger partial charge in [0, 0.05) is 49.2 Å². The average Bonchev–Trinajstić information content (AvgIpc) is 3.50. The van der Waals surface area contributed by atoms with Gasteiger partial charge in [-0.1, -0.05) is 6.07 Å². The fourth-order valence-corrected chi connectivity index (χ4v) is 4.93. The minimum atomic E-state index is -0.107. The van der Waals surface area contributed by atoms with Crippen LogP contribution in [0.5, 0.6) is 5.75 Å². The maximum atomic E-state index is 5.88. The molecule has 1 aliphatic heterocycles. The molecule has 3 heterocycles. The molecule has 2 aromatic heterocycles. The van der Waals surface area contributed by atoms with Gasteiger partial charge < -0.3 is 24.4 Å². The highest BCUT2D eigenvalue weighted by atomic mass is 32.1. The van der Waals surface area contributed by atoms with E-state index in [0.29, 0.717) is 11.7 Å². The summed E-state index contributed by atoms with van der Waals surface area (Å²) in [5.74, 6) is 0.844. The minimum absolute atomic E-state index is 0.0983. The summed E-state index contributed by atoms with van der Waals surface area (Å²) in [4.78, 5) is 8.96. The summed E-state index contributed by atoms with van der Waals surface area (Å²) in [6.45, 7) is 2.62. The second kappa shape index (κ2) is 9.80. The molecule has 0 spiro atoms. The molecule has 0 amide bonds. The molecule has 7 heteroatoms. The first-order chi connectivity index (χ1) is 17.1. The molecule has 1 saturated heterocycles. The molecule has 2 aromatic carbocycles. The molecule has 4 aromatic rings. The van der Waals surface area contributed by atoms with Crippen LogP contribution in [0, 0.1) is 0 Å². The lowest BCUT2D eigenvalue weighted by molar-refractivity contribution is 0.340. The van der Waals surface area contributed by atoms with Crippen molar-refractivity contribution in [1.82, 2.24) is 14.9 Å². The van der Waals surface area contributed by atoms with Gasteiger partial charge in [0.25, 0.3) is 0 Å². The average molecular weight is 484 g/mol. The third-order valence-corrected chi connectivity index (χ3v) is 6.57. The SMILES string of the molecule is CCOc1ccc(N2C(=S)N[C@H](c3ccccn3)[C@H]2c2cccn2-c2ccc(N(C)C)cc2)cc1. The van der Waals surface area contributed by atoms with E-state index in [2.05, 4.69) is 79.4 Å². The Balaban J connectivity index is 1.60. The number of ether oxygens (including phenoxy) is 1. The summed E-state index contributed by atoms with van der Waals surface area (Å²) in [7, 11) is 4.10. The summed E-state index contributed by atoms with van der Waals surface area (Å²) in [6.07, 6.45) is 3.93. The van der Waals surface area contributed by atoms with Crippen molar-refractivity contribution in [1.29, 1.82) is 0 Å². The Morgan fingerprint density at radius 1 is 0.943 bits per heavy atom. The molecule has 0 aliphatic carbocycles. The molecule has 35 heavy (non-hydrogen) atoms. The number of benzene rings is 2. The molecule has 1 fully saturated rings. The van der Waals surface area contributed by atoms with Gasteiger partial charge in [-0.3, -0.25) is 4.98 Å². The third kappa shape index (κ3) is 4.47. The highest BCUT2D eigenvalue weighted by Crippen LogP contribution is 2.42. The second-order valence-corrected chi connectivity index (χ2v) is 9.02. The fourth-order valence-electron chi connectivity index (χ4n) is 4.58. The third-order valence-electron chi connectivity index (χ3n) is 6.25. The van der Waals surface area contributed by atoms with Gasteiger partial charge in [-0.05, 0) is 91.9 Å². The van der Waals surface area contributed by atoms with Gasteiger partial charge in [0.2, 0.25) is 0 Å². The summed E-state index contributed by atoms with van der Waals surface area (Å²) in [6, 6.07) is 26.7. The molecule has 1 aliphatic rings. The van der Waals surface area contributed by atoms with Gasteiger partial charge in [0.05, 0.1) is 18.3 Å².